The van der Waals surface area contributed by atoms with Crippen molar-refractivity contribution in [1.82, 2.24) is 9.78 Å². The van der Waals surface area contributed by atoms with E-state index in [0.29, 0.717) is 24.1 Å². The first-order valence-corrected chi connectivity index (χ1v) is 8.24. The highest BCUT2D eigenvalue weighted by molar-refractivity contribution is 6.03. The Bertz CT molecular complexity index is 726. The number of aromatic nitrogens is 2. The molecule has 1 aliphatic heterocycles. The van der Waals surface area contributed by atoms with E-state index in [2.05, 4.69) is 10.4 Å². The second-order valence-corrected chi connectivity index (χ2v) is 6.37. The molecule has 2 aliphatic rings. The summed E-state index contributed by atoms with van der Waals surface area (Å²) in [5.41, 5.74) is 3.21. The number of nitrogens with zero attached hydrogens (tertiary/aromatic N) is 2. The Morgan fingerprint density at radius 2 is 2.30 bits per heavy atom. The molecule has 1 atom stereocenters. The maximum absolute atomic E-state index is 12.5. The largest absolute Gasteiger partial charge is 0.459 e. The lowest BCUT2D eigenvalue weighted by atomic mass is 9.99. The Labute approximate surface area is 134 Å². The minimum atomic E-state index is -0.192. The van der Waals surface area contributed by atoms with Crippen LogP contribution in [0.25, 0.3) is 0 Å². The summed E-state index contributed by atoms with van der Waals surface area (Å²) >= 11 is 0. The van der Waals surface area contributed by atoms with Gasteiger partial charge in [0.15, 0.2) is 5.76 Å². The van der Waals surface area contributed by atoms with Gasteiger partial charge in [0.2, 0.25) is 0 Å². The number of anilines is 1. The molecule has 2 aromatic heterocycles. The summed E-state index contributed by atoms with van der Waals surface area (Å²) in [5.74, 6) is 1.26. The summed E-state index contributed by atoms with van der Waals surface area (Å²) < 4.78 is 12.7. The second-order valence-electron chi connectivity index (χ2n) is 6.37. The number of nitrogens with one attached hydrogen (secondary N) is 1. The van der Waals surface area contributed by atoms with Crippen LogP contribution in [0.3, 0.4) is 0 Å². The molecule has 1 amide bonds. The smallest absolute Gasteiger partial charge is 0.292 e. The molecule has 1 unspecified atom stereocenters. The molecule has 3 heterocycles. The molecule has 0 spiro atoms. The van der Waals surface area contributed by atoms with Crippen LogP contribution >= 0.6 is 0 Å². The molecule has 0 radical (unpaired) electrons. The van der Waals surface area contributed by atoms with E-state index in [9.17, 15) is 4.79 Å². The van der Waals surface area contributed by atoms with Crippen LogP contribution in [0, 0.1) is 0 Å². The fourth-order valence-electron chi connectivity index (χ4n) is 3.50. The lowest BCUT2D eigenvalue weighted by Crippen LogP contribution is -2.16. The summed E-state index contributed by atoms with van der Waals surface area (Å²) in [6.45, 7) is 1.53. The average Bonchev–Trinajstić information content (AvgIpc) is 3.24. The van der Waals surface area contributed by atoms with Crippen LogP contribution in [0.4, 0.5) is 5.82 Å². The van der Waals surface area contributed by atoms with Crippen LogP contribution in [-0.2, 0) is 24.6 Å². The number of hydrogen-bond donors (Lipinski definition) is 1. The number of furan rings is 1. The second kappa shape index (κ2) is 5.85. The minimum absolute atomic E-state index is 0.192. The van der Waals surface area contributed by atoms with Crippen molar-refractivity contribution in [3.63, 3.8) is 0 Å². The van der Waals surface area contributed by atoms with Gasteiger partial charge in [-0.3, -0.25) is 9.48 Å². The number of aryl methyl sites for hydroxylation is 2. The van der Waals surface area contributed by atoms with Crippen LogP contribution in [0.15, 0.2) is 16.7 Å². The zero-order valence-corrected chi connectivity index (χ0v) is 13.3. The van der Waals surface area contributed by atoms with Gasteiger partial charge in [0.1, 0.15) is 5.82 Å². The maximum Gasteiger partial charge on any atom is 0.292 e. The van der Waals surface area contributed by atoms with E-state index in [0.717, 1.165) is 50.0 Å². The number of hydrogen-bond acceptors (Lipinski definition) is 4. The van der Waals surface area contributed by atoms with E-state index in [1.165, 1.54) is 5.56 Å². The normalized spacial score (nSPS) is 20.5. The average molecular weight is 315 g/mol. The summed E-state index contributed by atoms with van der Waals surface area (Å²) in [4.78, 5) is 12.5. The van der Waals surface area contributed by atoms with Gasteiger partial charge in [-0.05, 0) is 37.7 Å². The number of ether oxygens (including phenoxy) is 1. The van der Waals surface area contributed by atoms with Gasteiger partial charge in [-0.1, -0.05) is 0 Å². The molecule has 1 saturated heterocycles. The van der Waals surface area contributed by atoms with Crippen molar-refractivity contribution >= 4 is 11.7 Å². The lowest BCUT2D eigenvalue weighted by molar-refractivity contribution is 0.0791. The first-order chi connectivity index (χ1) is 11.2. The molecular formula is C17H21N3O3. The third-order valence-electron chi connectivity index (χ3n) is 4.78. The Hall–Kier alpha value is -2.08. The van der Waals surface area contributed by atoms with Crippen LogP contribution in [0.1, 0.15) is 52.6 Å². The fraction of sp³-hybridized carbons (Fsp3) is 0.529. The molecule has 6 nitrogen and oxygen atoms in total. The van der Waals surface area contributed by atoms with Crippen LogP contribution < -0.4 is 5.32 Å². The Morgan fingerprint density at radius 3 is 3.13 bits per heavy atom. The number of amides is 1. The van der Waals surface area contributed by atoms with E-state index >= 15 is 0 Å². The number of rotatable bonds is 3. The predicted molar refractivity (Wildman–Crippen MR) is 84.7 cm³/mol. The molecule has 0 saturated carbocycles. The molecule has 1 fully saturated rings. The molecule has 1 N–H and O–H groups in total. The van der Waals surface area contributed by atoms with Gasteiger partial charge < -0.3 is 14.5 Å². The van der Waals surface area contributed by atoms with Crippen molar-refractivity contribution in [2.45, 2.75) is 38.0 Å². The first-order valence-electron chi connectivity index (χ1n) is 8.24. The SMILES string of the molecule is Cn1nc(C2CCCOC2)cc1NC(=O)c1occ2c1CCC2. The summed E-state index contributed by atoms with van der Waals surface area (Å²) in [7, 11) is 1.84. The van der Waals surface area contributed by atoms with E-state index in [-0.39, 0.29) is 5.91 Å². The highest BCUT2D eigenvalue weighted by atomic mass is 16.5. The van der Waals surface area contributed by atoms with Crippen LogP contribution in [0.5, 0.6) is 0 Å². The number of carbonyl (C=O) groups is 1. The summed E-state index contributed by atoms with van der Waals surface area (Å²) in [6.07, 6.45) is 6.87. The van der Waals surface area contributed by atoms with Gasteiger partial charge in [0, 0.05) is 31.2 Å². The molecule has 6 heteroatoms. The van der Waals surface area contributed by atoms with E-state index in [1.54, 1.807) is 10.9 Å². The first kappa shape index (κ1) is 14.5. The van der Waals surface area contributed by atoms with Crippen molar-refractivity contribution in [1.29, 1.82) is 0 Å². The molecule has 1 aliphatic carbocycles. The maximum atomic E-state index is 12.5. The molecule has 122 valence electrons. The van der Waals surface area contributed by atoms with Crippen LogP contribution in [0.2, 0.25) is 0 Å². The quantitative estimate of drug-likeness (QED) is 0.945. The zero-order valence-electron chi connectivity index (χ0n) is 13.3. The number of fused-ring (bicyclic) bond motifs is 1. The molecule has 0 aromatic carbocycles. The van der Waals surface area contributed by atoms with Gasteiger partial charge in [-0.2, -0.15) is 5.10 Å². The van der Waals surface area contributed by atoms with Crippen molar-refractivity contribution in [3.8, 4) is 0 Å². The summed E-state index contributed by atoms with van der Waals surface area (Å²) in [6, 6.07) is 1.94. The van der Waals surface area contributed by atoms with E-state index in [1.807, 2.05) is 13.1 Å². The minimum Gasteiger partial charge on any atom is -0.459 e. The van der Waals surface area contributed by atoms with Crippen molar-refractivity contribution < 1.29 is 13.9 Å². The topological polar surface area (TPSA) is 69.3 Å². The van der Waals surface area contributed by atoms with Gasteiger partial charge in [-0.15, -0.1) is 0 Å². The predicted octanol–water partition coefficient (Wildman–Crippen LogP) is 2.65. The third kappa shape index (κ3) is 2.67. The Morgan fingerprint density at radius 1 is 1.39 bits per heavy atom. The lowest BCUT2D eigenvalue weighted by Gasteiger charge is -2.19. The van der Waals surface area contributed by atoms with Gasteiger partial charge in [-0.25, -0.2) is 0 Å². The number of carbonyl (C=O) groups excluding carboxylic acids is 1. The third-order valence-corrected chi connectivity index (χ3v) is 4.78. The molecule has 4 rings (SSSR count). The molecular weight excluding hydrogens is 294 g/mol. The molecule has 23 heavy (non-hydrogen) atoms. The standard InChI is InChI=1S/C17H21N3O3/c1-20-15(8-14(19-20)12-5-3-7-22-9-12)18-17(21)16-13-6-2-4-11(13)10-23-16/h8,10,12H,2-7,9H2,1H3,(H,18,21). The van der Waals surface area contributed by atoms with Gasteiger partial charge in [0.25, 0.3) is 5.91 Å². The Kier molecular flexibility index (Phi) is 3.69. The van der Waals surface area contributed by atoms with Crippen molar-refractivity contribution in [2.75, 3.05) is 18.5 Å². The highest BCUT2D eigenvalue weighted by Crippen LogP contribution is 2.29. The zero-order chi connectivity index (χ0) is 15.8. The summed E-state index contributed by atoms with van der Waals surface area (Å²) in [5, 5.41) is 7.46. The molecule has 2 aromatic rings. The van der Waals surface area contributed by atoms with Crippen molar-refractivity contribution in [2.24, 2.45) is 7.05 Å². The van der Waals surface area contributed by atoms with Gasteiger partial charge in [0.05, 0.1) is 18.6 Å². The molecule has 0 bridgehead atoms. The van der Waals surface area contributed by atoms with Crippen molar-refractivity contribution in [3.05, 3.63) is 34.9 Å². The van der Waals surface area contributed by atoms with E-state index < -0.39 is 0 Å². The Balaban J connectivity index is 1.52. The van der Waals surface area contributed by atoms with E-state index in [4.69, 9.17) is 9.15 Å². The fourth-order valence-corrected chi connectivity index (χ4v) is 3.50. The van der Waals surface area contributed by atoms with Gasteiger partial charge >= 0.3 is 0 Å². The monoisotopic (exact) mass is 315 g/mol. The highest BCUT2D eigenvalue weighted by Gasteiger charge is 2.25. The van der Waals surface area contributed by atoms with Crippen LogP contribution in [-0.4, -0.2) is 28.9 Å².